The van der Waals surface area contributed by atoms with Gasteiger partial charge in [0.1, 0.15) is 0 Å². The molecular weight excluding hydrogens is 180 g/mol. The fourth-order valence-electron chi connectivity index (χ4n) is 2.54. The van der Waals surface area contributed by atoms with Crippen molar-refractivity contribution in [2.45, 2.75) is 44.2 Å². The first-order valence-corrected chi connectivity index (χ1v) is 8.64. The van der Waals surface area contributed by atoms with Crippen molar-refractivity contribution in [3.05, 3.63) is 0 Å². The topological polar surface area (TPSA) is 32.3 Å². The molecule has 2 aliphatic heterocycles. The fourth-order valence-corrected chi connectivity index (χ4v) is 4.73. The Hall–Kier alpha value is -0.513. The van der Waals surface area contributed by atoms with Crippen LogP contribution in [0.4, 0.5) is 4.79 Å². The normalized spacial score (nSPS) is 33.5. The molecule has 0 aromatic rings. The van der Waals surface area contributed by atoms with Crippen LogP contribution in [0.3, 0.4) is 0 Å². The average Bonchev–Trinajstić information content (AvgIpc) is 2.51. The lowest BCUT2D eigenvalue weighted by molar-refractivity contribution is 0.210. The lowest BCUT2D eigenvalue weighted by Crippen LogP contribution is -2.50. The second kappa shape index (κ2) is 2.74. The minimum absolute atomic E-state index is 0.176. The van der Waals surface area contributed by atoms with Gasteiger partial charge in [0.25, 0.3) is 0 Å². The molecule has 3 nitrogen and oxygen atoms in total. The molecule has 0 spiro atoms. The number of hydrogen-bond acceptors (Lipinski definition) is 1. The van der Waals surface area contributed by atoms with Crippen LogP contribution < -0.4 is 5.32 Å². The Labute approximate surface area is 80.5 Å². The standard InChI is InChI=1S/C9H18N2OSi/c1-13(2,3)8-5-4-7-6-10-9(12)11(7)8/h7-8H,4-6H2,1-3H3,(H,10,12). The van der Waals surface area contributed by atoms with E-state index in [1.165, 1.54) is 12.8 Å². The third-order valence-electron chi connectivity index (χ3n) is 3.23. The highest BCUT2D eigenvalue weighted by atomic mass is 28.3. The predicted octanol–water partition coefficient (Wildman–Crippen LogP) is 1.42. The van der Waals surface area contributed by atoms with Crippen molar-refractivity contribution in [3.8, 4) is 0 Å². The Balaban J connectivity index is 2.19. The maximum Gasteiger partial charge on any atom is 0.317 e. The summed E-state index contributed by atoms with van der Waals surface area (Å²) in [5, 5.41) is 2.93. The summed E-state index contributed by atoms with van der Waals surface area (Å²) >= 11 is 0. The molecule has 1 N–H and O–H groups in total. The van der Waals surface area contributed by atoms with E-state index in [4.69, 9.17) is 0 Å². The van der Waals surface area contributed by atoms with Gasteiger partial charge in [-0.2, -0.15) is 0 Å². The quantitative estimate of drug-likeness (QED) is 0.635. The predicted molar refractivity (Wildman–Crippen MR) is 55.4 cm³/mol. The number of hydrogen-bond donors (Lipinski definition) is 1. The summed E-state index contributed by atoms with van der Waals surface area (Å²) in [6.07, 6.45) is 2.43. The maximum atomic E-state index is 11.5. The van der Waals surface area contributed by atoms with Crippen molar-refractivity contribution in [3.63, 3.8) is 0 Å². The average molecular weight is 198 g/mol. The van der Waals surface area contributed by atoms with E-state index in [1.54, 1.807) is 0 Å². The molecule has 0 bridgehead atoms. The summed E-state index contributed by atoms with van der Waals surface area (Å²) in [7, 11) is -1.19. The van der Waals surface area contributed by atoms with Gasteiger partial charge < -0.3 is 10.2 Å². The molecule has 2 rings (SSSR count). The summed E-state index contributed by atoms with van der Waals surface area (Å²) in [5.74, 6) is 0. The van der Waals surface area contributed by atoms with E-state index in [0.717, 1.165) is 6.54 Å². The zero-order chi connectivity index (χ0) is 9.64. The SMILES string of the molecule is C[Si](C)(C)C1CCC2CNC(=O)N21. The van der Waals surface area contributed by atoms with Gasteiger partial charge in [-0.05, 0) is 12.8 Å². The molecule has 0 aromatic carbocycles. The molecule has 4 heteroatoms. The number of carbonyl (C=O) groups is 1. The van der Waals surface area contributed by atoms with Gasteiger partial charge in [-0.3, -0.25) is 0 Å². The first kappa shape index (κ1) is 9.06. The number of nitrogens with one attached hydrogen (secondary N) is 1. The molecule has 2 amide bonds. The smallest absolute Gasteiger partial charge is 0.317 e. The van der Waals surface area contributed by atoms with E-state index >= 15 is 0 Å². The Morgan fingerprint density at radius 2 is 2.08 bits per heavy atom. The Bertz CT molecular complexity index is 236. The number of nitrogens with zero attached hydrogens (tertiary/aromatic N) is 1. The number of amides is 2. The van der Waals surface area contributed by atoms with Crippen LogP contribution in [0.1, 0.15) is 12.8 Å². The molecule has 2 aliphatic rings. The van der Waals surface area contributed by atoms with Crippen molar-refractivity contribution in [1.29, 1.82) is 0 Å². The number of urea groups is 1. The summed E-state index contributed by atoms with van der Waals surface area (Å²) < 4.78 is 0. The molecule has 13 heavy (non-hydrogen) atoms. The molecule has 2 fully saturated rings. The van der Waals surface area contributed by atoms with Crippen LogP contribution >= 0.6 is 0 Å². The van der Waals surface area contributed by atoms with Gasteiger partial charge in [-0.1, -0.05) is 19.6 Å². The molecular formula is C9H18N2OSi. The molecule has 0 aliphatic carbocycles. The summed E-state index contributed by atoms with van der Waals surface area (Å²) in [6.45, 7) is 7.93. The van der Waals surface area contributed by atoms with Crippen LogP contribution in [0.25, 0.3) is 0 Å². The number of rotatable bonds is 1. The molecule has 0 saturated carbocycles. The Morgan fingerprint density at radius 3 is 2.69 bits per heavy atom. The van der Waals surface area contributed by atoms with Crippen LogP contribution in [0.5, 0.6) is 0 Å². The molecule has 74 valence electrons. The van der Waals surface area contributed by atoms with E-state index in [2.05, 4.69) is 29.9 Å². The minimum atomic E-state index is -1.19. The molecule has 2 unspecified atom stereocenters. The van der Waals surface area contributed by atoms with Crippen molar-refractivity contribution < 1.29 is 4.79 Å². The summed E-state index contributed by atoms with van der Waals surface area (Å²) in [5.41, 5.74) is 0.569. The highest BCUT2D eigenvalue weighted by Gasteiger charge is 2.46. The van der Waals surface area contributed by atoms with Gasteiger partial charge >= 0.3 is 6.03 Å². The van der Waals surface area contributed by atoms with E-state index in [1.807, 2.05) is 0 Å². The van der Waals surface area contributed by atoms with E-state index in [9.17, 15) is 4.79 Å². The lowest BCUT2D eigenvalue weighted by Gasteiger charge is -2.32. The first-order chi connectivity index (χ1) is 6.00. The molecule has 2 atom stereocenters. The largest absolute Gasteiger partial charge is 0.336 e. The fraction of sp³-hybridized carbons (Fsp3) is 0.889. The van der Waals surface area contributed by atoms with Gasteiger partial charge in [0, 0.05) is 12.2 Å². The van der Waals surface area contributed by atoms with Gasteiger partial charge in [-0.25, -0.2) is 4.79 Å². The minimum Gasteiger partial charge on any atom is -0.336 e. The molecule has 2 heterocycles. The van der Waals surface area contributed by atoms with Crippen LogP contribution in [-0.4, -0.2) is 37.3 Å². The van der Waals surface area contributed by atoms with Crippen LogP contribution in [0, 0.1) is 0 Å². The van der Waals surface area contributed by atoms with Crippen LogP contribution in [0.15, 0.2) is 0 Å². The first-order valence-electron chi connectivity index (χ1n) is 5.06. The van der Waals surface area contributed by atoms with Gasteiger partial charge in [0.05, 0.1) is 14.1 Å². The second-order valence-corrected chi connectivity index (χ2v) is 10.6. The second-order valence-electron chi connectivity index (χ2n) is 5.21. The molecule has 2 saturated heterocycles. The van der Waals surface area contributed by atoms with Gasteiger partial charge in [0.2, 0.25) is 0 Å². The highest BCUT2D eigenvalue weighted by Crippen LogP contribution is 2.32. The lowest BCUT2D eigenvalue weighted by atomic mass is 10.2. The third kappa shape index (κ3) is 1.37. The zero-order valence-corrected chi connectivity index (χ0v) is 9.63. The van der Waals surface area contributed by atoms with E-state index in [0.29, 0.717) is 11.7 Å². The van der Waals surface area contributed by atoms with Crippen molar-refractivity contribution >= 4 is 14.1 Å². The third-order valence-corrected chi connectivity index (χ3v) is 5.79. The van der Waals surface area contributed by atoms with E-state index < -0.39 is 8.07 Å². The van der Waals surface area contributed by atoms with Gasteiger partial charge in [0.15, 0.2) is 0 Å². The van der Waals surface area contributed by atoms with Crippen molar-refractivity contribution in [1.82, 2.24) is 10.2 Å². The molecule has 0 aromatic heterocycles. The van der Waals surface area contributed by atoms with Crippen LogP contribution in [-0.2, 0) is 0 Å². The van der Waals surface area contributed by atoms with E-state index in [-0.39, 0.29) is 6.03 Å². The van der Waals surface area contributed by atoms with Crippen molar-refractivity contribution in [2.24, 2.45) is 0 Å². The Morgan fingerprint density at radius 1 is 1.38 bits per heavy atom. The van der Waals surface area contributed by atoms with Crippen LogP contribution in [0.2, 0.25) is 19.6 Å². The molecule has 0 radical (unpaired) electrons. The summed E-state index contributed by atoms with van der Waals surface area (Å²) in [6, 6.07) is 0.680. The summed E-state index contributed by atoms with van der Waals surface area (Å²) in [4.78, 5) is 13.7. The number of fused-ring (bicyclic) bond motifs is 1. The number of carbonyl (C=O) groups excluding carboxylic acids is 1. The highest BCUT2D eigenvalue weighted by molar-refractivity contribution is 6.77. The monoisotopic (exact) mass is 198 g/mol. The Kier molecular flexibility index (Phi) is 1.91. The van der Waals surface area contributed by atoms with Gasteiger partial charge in [-0.15, -0.1) is 0 Å². The maximum absolute atomic E-state index is 11.5. The van der Waals surface area contributed by atoms with Crippen molar-refractivity contribution in [2.75, 3.05) is 6.54 Å². The zero-order valence-electron chi connectivity index (χ0n) is 8.63.